The van der Waals surface area contributed by atoms with Crippen LogP contribution in [0.5, 0.6) is 5.75 Å². The smallest absolute Gasteiger partial charge is 0.339 e. The van der Waals surface area contributed by atoms with Gasteiger partial charge in [-0.25, -0.2) is 9.59 Å². The molecule has 1 aromatic heterocycles. The van der Waals surface area contributed by atoms with Gasteiger partial charge in [0.15, 0.2) is 17.1 Å². The molecule has 3 aromatic rings. The average molecular weight is 545 g/mol. The second-order valence-corrected chi connectivity index (χ2v) is 8.92. The van der Waals surface area contributed by atoms with E-state index in [1.807, 2.05) is 6.92 Å². The van der Waals surface area contributed by atoms with E-state index in [0.717, 1.165) is 11.8 Å². The number of thioether (sulfide) groups is 1. The largest absolute Gasteiger partial charge is 0.483 e. The van der Waals surface area contributed by atoms with E-state index < -0.39 is 23.9 Å². The van der Waals surface area contributed by atoms with Gasteiger partial charge < -0.3 is 19.5 Å². The van der Waals surface area contributed by atoms with Crippen LogP contribution >= 0.6 is 23.4 Å². The zero-order chi connectivity index (χ0) is 26.9. The number of esters is 2. The highest BCUT2D eigenvalue weighted by molar-refractivity contribution is 7.99. The number of hydrogen-bond acceptors (Lipinski definition) is 9. The lowest BCUT2D eigenvalue weighted by Gasteiger charge is -2.16. The van der Waals surface area contributed by atoms with Crippen LogP contribution < -0.4 is 10.1 Å². The van der Waals surface area contributed by atoms with Crippen molar-refractivity contribution >= 4 is 46.9 Å². The number of allylic oxidation sites excluding steroid dienone is 1. The number of nitrogens with zero attached hydrogens (tertiary/aromatic N) is 3. The predicted octanol–water partition coefficient (Wildman–Crippen LogP) is 4.56. The van der Waals surface area contributed by atoms with Gasteiger partial charge in [0.05, 0.1) is 36.8 Å². The lowest BCUT2D eigenvalue weighted by molar-refractivity contribution is -0.113. The first-order valence-corrected chi connectivity index (χ1v) is 12.3. The summed E-state index contributed by atoms with van der Waals surface area (Å²) in [6.45, 7) is 6.00. The summed E-state index contributed by atoms with van der Waals surface area (Å²) in [6, 6.07) is 11.2. The Morgan fingerprint density at radius 1 is 1.14 bits per heavy atom. The third-order valence-electron chi connectivity index (χ3n) is 4.98. The van der Waals surface area contributed by atoms with Crippen LogP contribution in [0.25, 0.3) is 0 Å². The van der Waals surface area contributed by atoms with Crippen LogP contribution in [0, 0.1) is 0 Å². The number of carbonyl (C=O) groups is 3. The van der Waals surface area contributed by atoms with Crippen molar-refractivity contribution in [1.29, 1.82) is 0 Å². The number of hydrogen-bond donors (Lipinski definition) is 1. The van der Waals surface area contributed by atoms with E-state index in [4.69, 9.17) is 25.8 Å². The minimum atomic E-state index is -0.663. The molecule has 0 spiro atoms. The fourth-order valence-corrected chi connectivity index (χ4v) is 4.24. The minimum absolute atomic E-state index is 0.0537. The molecule has 0 radical (unpaired) electrons. The second-order valence-electron chi connectivity index (χ2n) is 7.54. The Morgan fingerprint density at radius 2 is 1.89 bits per heavy atom. The number of aromatic nitrogens is 3. The normalized spacial score (nSPS) is 11.4. The van der Waals surface area contributed by atoms with Gasteiger partial charge in [0.1, 0.15) is 5.75 Å². The van der Waals surface area contributed by atoms with Gasteiger partial charge in [0.2, 0.25) is 5.91 Å². The third-order valence-corrected chi connectivity index (χ3v) is 6.18. The Labute approximate surface area is 222 Å². The standard InChI is InChI=1S/C25H25ClN4O6S/c1-5-11-30-22(15(2)36-18-8-6-7-17(26)13-18)28-29-25(30)37-14-21(31)27-20-12-16(23(32)34-3)9-10-19(20)24(33)35-4/h5-10,12-13,15H,1,11,14H2,2-4H3,(H,27,31). The monoisotopic (exact) mass is 544 g/mol. The number of methoxy groups -OCH3 is 2. The maximum atomic E-state index is 12.8. The number of amides is 1. The van der Waals surface area contributed by atoms with Crippen molar-refractivity contribution < 1.29 is 28.6 Å². The highest BCUT2D eigenvalue weighted by Crippen LogP contribution is 2.27. The molecule has 0 aliphatic heterocycles. The van der Waals surface area contributed by atoms with Gasteiger partial charge in [-0.05, 0) is 43.3 Å². The Kier molecular flexibility index (Phi) is 9.70. The van der Waals surface area contributed by atoms with E-state index in [1.165, 1.54) is 32.4 Å². The number of rotatable bonds is 11. The summed E-state index contributed by atoms with van der Waals surface area (Å²) >= 11 is 7.18. The molecular weight excluding hydrogens is 520 g/mol. The van der Waals surface area contributed by atoms with Crippen LogP contribution in [0.4, 0.5) is 5.69 Å². The molecule has 0 bridgehead atoms. The molecule has 10 nitrogen and oxygen atoms in total. The van der Waals surface area contributed by atoms with Gasteiger partial charge >= 0.3 is 11.9 Å². The first-order valence-electron chi connectivity index (χ1n) is 11.0. The summed E-state index contributed by atoms with van der Waals surface area (Å²) < 4.78 is 17.2. The quantitative estimate of drug-likeness (QED) is 0.210. The van der Waals surface area contributed by atoms with Crippen LogP contribution in [-0.2, 0) is 20.8 Å². The van der Waals surface area contributed by atoms with E-state index in [2.05, 4.69) is 22.1 Å². The summed E-state index contributed by atoms with van der Waals surface area (Å²) in [6.07, 6.45) is 1.22. The molecule has 0 fully saturated rings. The minimum Gasteiger partial charge on any atom is -0.483 e. The van der Waals surface area contributed by atoms with Gasteiger partial charge in [0, 0.05) is 11.6 Å². The zero-order valence-corrected chi connectivity index (χ0v) is 22.0. The van der Waals surface area contributed by atoms with Gasteiger partial charge in [0.25, 0.3) is 0 Å². The molecule has 194 valence electrons. The summed E-state index contributed by atoms with van der Waals surface area (Å²) in [5, 5.41) is 12.1. The van der Waals surface area contributed by atoms with Crippen molar-refractivity contribution in [1.82, 2.24) is 14.8 Å². The van der Waals surface area contributed by atoms with Crippen LogP contribution in [0.1, 0.15) is 39.6 Å². The van der Waals surface area contributed by atoms with Gasteiger partial charge in [-0.1, -0.05) is 35.5 Å². The molecule has 3 rings (SSSR count). The number of benzene rings is 2. The summed E-state index contributed by atoms with van der Waals surface area (Å²) in [5.41, 5.74) is 0.386. The first kappa shape index (κ1) is 27.8. The molecule has 1 amide bonds. The number of carbonyl (C=O) groups excluding carboxylic acids is 3. The van der Waals surface area contributed by atoms with Gasteiger partial charge in [-0.3, -0.25) is 9.36 Å². The Hall–Kier alpha value is -3.83. The van der Waals surface area contributed by atoms with E-state index in [9.17, 15) is 14.4 Å². The number of halogens is 1. The highest BCUT2D eigenvalue weighted by Gasteiger charge is 2.21. The van der Waals surface area contributed by atoms with Crippen LogP contribution in [0.3, 0.4) is 0 Å². The van der Waals surface area contributed by atoms with Gasteiger partial charge in [-0.2, -0.15) is 0 Å². The fourth-order valence-electron chi connectivity index (χ4n) is 3.30. The molecule has 1 heterocycles. The maximum Gasteiger partial charge on any atom is 0.339 e. The zero-order valence-electron chi connectivity index (χ0n) is 20.4. The Morgan fingerprint density at radius 3 is 2.57 bits per heavy atom. The Bertz CT molecular complexity index is 1310. The Balaban J connectivity index is 1.74. The summed E-state index contributed by atoms with van der Waals surface area (Å²) in [5.74, 6) is -0.639. The highest BCUT2D eigenvalue weighted by atomic mass is 35.5. The van der Waals surface area contributed by atoms with E-state index in [1.54, 1.807) is 34.9 Å². The second kappa shape index (κ2) is 12.9. The molecule has 2 aromatic carbocycles. The van der Waals surface area contributed by atoms with Crippen LogP contribution in [0.15, 0.2) is 60.3 Å². The van der Waals surface area contributed by atoms with E-state index >= 15 is 0 Å². The van der Waals surface area contributed by atoms with Crippen molar-refractivity contribution in [3.8, 4) is 5.75 Å². The SMILES string of the molecule is C=CCn1c(SCC(=O)Nc2cc(C(=O)OC)ccc2C(=O)OC)nnc1C(C)Oc1cccc(Cl)c1. The lowest BCUT2D eigenvalue weighted by atomic mass is 10.1. The number of ether oxygens (including phenoxy) is 3. The molecule has 12 heteroatoms. The average Bonchev–Trinajstić information content (AvgIpc) is 3.29. The first-order chi connectivity index (χ1) is 17.8. The molecule has 1 atom stereocenters. The summed E-state index contributed by atoms with van der Waals surface area (Å²) in [7, 11) is 2.46. The van der Waals surface area contributed by atoms with Crippen molar-refractivity contribution in [3.05, 3.63) is 77.1 Å². The molecule has 0 saturated heterocycles. The molecule has 0 aliphatic carbocycles. The molecule has 0 saturated carbocycles. The third kappa shape index (κ3) is 7.11. The van der Waals surface area contributed by atoms with E-state index in [-0.39, 0.29) is 22.6 Å². The number of anilines is 1. The maximum absolute atomic E-state index is 12.8. The number of nitrogens with one attached hydrogen (secondary N) is 1. The molecule has 37 heavy (non-hydrogen) atoms. The van der Waals surface area contributed by atoms with Crippen LogP contribution in [-0.4, -0.2) is 52.6 Å². The molecule has 1 unspecified atom stereocenters. The predicted molar refractivity (Wildman–Crippen MR) is 139 cm³/mol. The van der Waals surface area contributed by atoms with E-state index in [0.29, 0.717) is 28.3 Å². The van der Waals surface area contributed by atoms with Gasteiger partial charge in [-0.15, -0.1) is 16.8 Å². The fraction of sp³-hybridized carbons (Fsp3) is 0.240. The van der Waals surface area contributed by atoms with Crippen LogP contribution in [0.2, 0.25) is 5.02 Å². The van der Waals surface area contributed by atoms with Crippen molar-refractivity contribution in [3.63, 3.8) is 0 Å². The lowest BCUT2D eigenvalue weighted by Crippen LogP contribution is -2.18. The van der Waals surface area contributed by atoms with Crippen molar-refractivity contribution in [2.75, 3.05) is 25.3 Å². The molecule has 1 N–H and O–H groups in total. The molecular formula is C25H25ClN4O6S. The molecule has 0 aliphatic rings. The van der Waals surface area contributed by atoms with Crippen molar-refractivity contribution in [2.24, 2.45) is 0 Å². The van der Waals surface area contributed by atoms with Crippen molar-refractivity contribution in [2.45, 2.75) is 24.7 Å². The topological polar surface area (TPSA) is 122 Å². The summed E-state index contributed by atoms with van der Waals surface area (Å²) in [4.78, 5) is 36.8.